The Morgan fingerprint density at radius 1 is 1.03 bits per heavy atom. The number of hydrogen-bond acceptors (Lipinski definition) is 10. The lowest BCUT2D eigenvalue weighted by Gasteiger charge is -2.22. The van der Waals surface area contributed by atoms with Crippen molar-refractivity contribution in [2.45, 2.75) is 19.8 Å². The van der Waals surface area contributed by atoms with Gasteiger partial charge in [-0.15, -0.1) is 0 Å². The maximum atomic E-state index is 13.0. The Bertz CT molecular complexity index is 1550. The van der Waals surface area contributed by atoms with Crippen molar-refractivity contribution in [3.8, 4) is 34.6 Å². The number of sulfonamides is 1. The number of pyridine rings is 1. The van der Waals surface area contributed by atoms with Gasteiger partial charge in [-0.05, 0) is 57.0 Å². The van der Waals surface area contributed by atoms with Crippen LogP contribution in [-0.4, -0.2) is 72.6 Å². The second-order valence-electron chi connectivity index (χ2n) is 9.06. The monoisotopic (exact) mass is 553 g/mol. The van der Waals surface area contributed by atoms with Crippen LogP contribution in [0.4, 0.5) is 5.82 Å². The number of nitrogens with zero attached hydrogens (tertiary/aromatic N) is 5. The van der Waals surface area contributed by atoms with E-state index in [0.717, 1.165) is 25.9 Å². The number of anilines is 1. The Balaban J connectivity index is 1.65. The number of fused-ring (bicyclic) bond motifs is 1. The molecule has 4 heterocycles. The molecule has 13 heteroatoms. The number of imidazole rings is 1. The van der Waals surface area contributed by atoms with Gasteiger partial charge in [0.05, 0.1) is 32.8 Å². The van der Waals surface area contributed by atoms with Gasteiger partial charge in [-0.2, -0.15) is 0 Å². The van der Waals surface area contributed by atoms with Crippen molar-refractivity contribution < 1.29 is 22.6 Å². The fourth-order valence-electron chi connectivity index (χ4n) is 4.66. The van der Waals surface area contributed by atoms with Crippen LogP contribution >= 0.6 is 0 Å². The average molecular weight is 554 g/mol. The maximum absolute atomic E-state index is 13.0. The molecule has 1 fully saturated rings. The molecular weight excluding hydrogens is 522 g/mol. The van der Waals surface area contributed by atoms with Gasteiger partial charge in [0.25, 0.3) is 0 Å². The molecule has 0 radical (unpaired) electrons. The van der Waals surface area contributed by atoms with E-state index in [1.165, 1.54) is 6.20 Å². The molecule has 0 amide bonds. The molecule has 206 valence electrons. The minimum atomic E-state index is -3.65. The fourth-order valence-corrected chi connectivity index (χ4v) is 6.12. The highest BCUT2D eigenvalue weighted by Gasteiger charge is 2.26. The highest BCUT2D eigenvalue weighted by molar-refractivity contribution is 7.92. The minimum Gasteiger partial charge on any atom is -0.494 e. The third kappa shape index (κ3) is 5.73. The van der Waals surface area contributed by atoms with Gasteiger partial charge in [0.15, 0.2) is 22.9 Å². The maximum Gasteiger partial charge on any atom is 0.234 e. The molecule has 0 unspecified atom stereocenters. The molecule has 39 heavy (non-hydrogen) atoms. The van der Waals surface area contributed by atoms with E-state index in [2.05, 4.69) is 25.0 Å². The lowest BCUT2D eigenvalue weighted by Crippen LogP contribution is -2.33. The van der Waals surface area contributed by atoms with Crippen LogP contribution in [-0.2, 0) is 10.0 Å². The fraction of sp³-hybridized carbons (Fsp3) is 0.385. The summed E-state index contributed by atoms with van der Waals surface area (Å²) in [5, 5.41) is 3.26. The molecule has 0 atom stereocenters. The summed E-state index contributed by atoms with van der Waals surface area (Å²) in [6.45, 7) is 3.96. The molecule has 1 aromatic carbocycles. The average Bonchev–Trinajstić information content (AvgIpc) is 3.31. The molecule has 2 N–H and O–H groups in total. The summed E-state index contributed by atoms with van der Waals surface area (Å²) in [4.78, 5) is 18.4. The Hall–Kier alpha value is -3.97. The van der Waals surface area contributed by atoms with Crippen LogP contribution in [0.25, 0.3) is 28.5 Å². The number of methoxy groups -OCH3 is 2. The van der Waals surface area contributed by atoms with Gasteiger partial charge < -0.3 is 19.5 Å². The van der Waals surface area contributed by atoms with Crippen molar-refractivity contribution in [3.05, 3.63) is 42.6 Å². The van der Waals surface area contributed by atoms with E-state index in [-0.39, 0.29) is 17.5 Å². The summed E-state index contributed by atoms with van der Waals surface area (Å²) in [5.74, 6) is 2.03. The van der Waals surface area contributed by atoms with Crippen LogP contribution in [0.2, 0.25) is 0 Å². The quantitative estimate of drug-likeness (QED) is 0.301. The van der Waals surface area contributed by atoms with Gasteiger partial charge in [0.1, 0.15) is 22.9 Å². The Morgan fingerprint density at radius 2 is 1.74 bits per heavy atom. The summed E-state index contributed by atoms with van der Waals surface area (Å²) >= 11 is 0. The minimum absolute atomic E-state index is 0.0212. The molecule has 1 aliphatic heterocycles. The molecule has 4 aromatic rings. The first-order valence-corrected chi connectivity index (χ1v) is 14.4. The lowest BCUT2D eigenvalue weighted by molar-refractivity contribution is 0.327. The van der Waals surface area contributed by atoms with Crippen molar-refractivity contribution in [1.29, 1.82) is 0 Å². The summed E-state index contributed by atoms with van der Waals surface area (Å²) in [5.41, 5.74) is 1.62. The Morgan fingerprint density at radius 3 is 2.44 bits per heavy atom. The Kier molecular flexibility index (Phi) is 7.79. The van der Waals surface area contributed by atoms with E-state index < -0.39 is 10.0 Å². The van der Waals surface area contributed by atoms with E-state index in [1.807, 2.05) is 13.0 Å². The molecule has 0 spiro atoms. The van der Waals surface area contributed by atoms with Crippen LogP contribution in [0.1, 0.15) is 19.8 Å². The largest absolute Gasteiger partial charge is 0.494 e. The summed E-state index contributed by atoms with van der Waals surface area (Å²) in [6.07, 6.45) is 2.99. The predicted molar refractivity (Wildman–Crippen MR) is 147 cm³/mol. The smallest absolute Gasteiger partial charge is 0.234 e. The number of nitrogens with one attached hydrogen (secondary N) is 2. The van der Waals surface area contributed by atoms with Crippen LogP contribution in [0.5, 0.6) is 17.4 Å². The molecule has 1 saturated heterocycles. The van der Waals surface area contributed by atoms with Gasteiger partial charge in [0.2, 0.25) is 15.9 Å². The summed E-state index contributed by atoms with van der Waals surface area (Å²) < 4.78 is 47.3. The van der Waals surface area contributed by atoms with E-state index in [1.54, 1.807) is 49.1 Å². The number of piperidine rings is 1. The van der Waals surface area contributed by atoms with Crippen LogP contribution in [0.3, 0.4) is 0 Å². The Labute approximate surface area is 226 Å². The first-order chi connectivity index (χ1) is 18.9. The lowest BCUT2D eigenvalue weighted by atomic mass is 10.0. The molecule has 0 aliphatic carbocycles. The normalized spacial score (nSPS) is 14.3. The van der Waals surface area contributed by atoms with E-state index in [0.29, 0.717) is 52.5 Å². The third-order valence-corrected chi connectivity index (χ3v) is 7.85. The second-order valence-corrected chi connectivity index (χ2v) is 10.8. The third-order valence-electron chi connectivity index (χ3n) is 6.42. The highest BCUT2D eigenvalue weighted by Crippen LogP contribution is 2.38. The molecular formula is C26H31N7O5S. The molecule has 0 bridgehead atoms. The van der Waals surface area contributed by atoms with E-state index >= 15 is 0 Å². The zero-order valence-electron chi connectivity index (χ0n) is 22.0. The summed E-state index contributed by atoms with van der Waals surface area (Å²) in [7, 11) is -0.546. The van der Waals surface area contributed by atoms with Crippen molar-refractivity contribution in [1.82, 2.24) is 29.8 Å². The van der Waals surface area contributed by atoms with Gasteiger partial charge >= 0.3 is 0 Å². The SMILES string of the molecule is CCOc1cccc(-c2nc3ncc(NS(=O)(=O)CC4CCNCC4)nc3n2-c2c(OC)cccc2OC)n1. The molecule has 1 aliphatic rings. The van der Waals surface area contributed by atoms with Crippen molar-refractivity contribution >= 4 is 27.1 Å². The molecule has 3 aromatic heterocycles. The number of ether oxygens (including phenoxy) is 3. The zero-order chi connectivity index (χ0) is 27.4. The number of para-hydroxylation sites is 1. The van der Waals surface area contributed by atoms with Gasteiger partial charge in [-0.3, -0.25) is 9.29 Å². The second kappa shape index (κ2) is 11.4. The van der Waals surface area contributed by atoms with Gasteiger partial charge in [-0.25, -0.2) is 28.4 Å². The van der Waals surface area contributed by atoms with E-state index in [9.17, 15) is 8.42 Å². The first kappa shape index (κ1) is 26.6. The van der Waals surface area contributed by atoms with Crippen LogP contribution < -0.4 is 24.2 Å². The topological polar surface area (TPSA) is 142 Å². The molecule has 0 saturated carbocycles. The molecule has 12 nitrogen and oxygen atoms in total. The van der Waals surface area contributed by atoms with Crippen molar-refractivity contribution in [2.75, 3.05) is 44.4 Å². The van der Waals surface area contributed by atoms with Crippen molar-refractivity contribution in [2.24, 2.45) is 5.92 Å². The van der Waals surface area contributed by atoms with Gasteiger partial charge in [-0.1, -0.05) is 12.1 Å². The first-order valence-electron chi connectivity index (χ1n) is 12.7. The molecule has 5 rings (SSSR count). The van der Waals surface area contributed by atoms with Crippen LogP contribution in [0.15, 0.2) is 42.6 Å². The number of hydrogen-bond donors (Lipinski definition) is 2. The summed E-state index contributed by atoms with van der Waals surface area (Å²) in [6, 6.07) is 10.8. The number of rotatable bonds is 10. The standard InChI is InChI=1S/C26H31N7O5S/c1-4-38-22-10-5-7-18(29-22)25-31-24-26(33(25)23-19(36-2)8-6-9-20(23)37-3)30-21(15-28-24)32-39(34,35)16-17-11-13-27-14-12-17/h5-10,15,17,27H,4,11-14,16H2,1-3H3,(H,30,32). The van der Waals surface area contributed by atoms with Crippen molar-refractivity contribution in [3.63, 3.8) is 0 Å². The zero-order valence-corrected chi connectivity index (χ0v) is 22.9. The van der Waals surface area contributed by atoms with Crippen LogP contribution in [0, 0.1) is 5.92 Å². The number of aromatic nitrogens is 5. The number of benzene rings is 1. The van der Waals surface area contributed by atoms with Gasteiger partial charge in [0, 0.05) is 6.07 Å². The predicted octanol–water partition coefficient (Wildman–Crippen LogP) is 3.03. The van der Waals surface area contributed by atoms with E-state index in [4.69, 9.17) is 19.2 Å². The highest BCUT2D eigenvalue weighted by atomic mass is 32.2.